The summed E-state index contributed by atoms with van der Waals surface area (Å²) in [5.41, 5.74) is 2.92. The second-order valence-corrected chi connectivity index (χ2v) is 5.55. The maximum Gasteiger partial charge on any atom is 0.410 e. The second-order valence-electron chi connectivity index (χ2n) is 5.55. The van der Waals surface area contributed by atoms with Crippen molar-refractivity contribution in [2.75, 3.05) is 40.3 Å². The van der Waals surface area contributed by atoms with Crippen LogP contribution in [0.1, 0.15) is 26.7 Å². The Bertz CT molecular complexity index is 439. The molecule has 118 valence electrons. The second kappa shape index (κ2) is 8.62. The molecular formula is C16H27N3O2. The Morgan fingerprint density at radius 2 is 2.24 bits per heavy atom. The van der Waals surface area contributed by atoms with Gasteiger partial charge in [-0.2, -0.15) is 0 Å². The molecule has 1 saturated heterocycles. The number of likely N-dealkylation sites (tertiary alicyclic amines) is 1. The van der Waals surface area contributed by atoms with E-state index in [1.54, 1.807) is 4.90 Å². The number of rotatable bonds is 4. The number of carbonyl (C=O) groups excluding carboxylic acids is 1. The lowest BCUT2D eigenvalue weighted by atomic mass is 10.1. The molecule has 0 unspecified atom stereocenters. The fourth-order valence-corrected chi connectivity index (χ4v) is 2.15. The quantitative estimate of drug-likeness (QED) is 0.800. The van der Waals surface area contributed by atoms with Gasteiger partial charge in [0.05, 0.1) is 6.54 Å². The number of aliphatic imine (C=N–C) groups is 1. The number of ether oxygens (including phenoxy) is 1. The maximum absolute atomic E-state index is 12.1. The summed E-state index contributed by atoms with van der Waals surface area (Å²) in [5, 5.41) is 0. The van der Waals surface area contributed by atoms with E-state index in [1.165, 1.54) is 0 Å². The van der Waals surface area contributed by atoms with Crippen molar-refractivity contribution in [1.82, 2.24) is 9.80 Å². The minimum absolute atomic E-state index is 0.243. The summed E-state index contributed by atoms with van der Waals surface area (Å²) in [6.45, 7) is 10.1. The van der Waals surface area contributed by atoms with Crippen molar-refractivity contribution >= 4 is 11.8 Å². The molecule has 0 aromatic carbocycles. The number of likely N-dealkylation sites (N-methyl/N-ethyl adjacent to an activating group) is 1. The molecule has 0 aromatic rings. The number of allylic oxidation sites excluding steroid dienone is 2. The Morgan fingerprint density at radius 3 is 2.81 bits per heavy atom. The molecule has 1 heterocycles. The predicted molar refractivity (Wildman–Crippen MR) is 86.7 cm³/mol. The first kappa shape index (κ1) is 17.4. The Kier molecular flexibility index (Phi) is 7.15. The number of nitrogens with zero attached hydrogens (tertiary/aromatic N) is 3. The molecular weight excluding hydrogens is 266 g/mol. The number of amides is 1. The van der Waals surface area contributed by atoms with Crippen molar-refractivity contribution in [1.29, 1.82) is 0 Å². The predicted octanol–water partition coefficient (Wildman–Crippen LogP) is 2.70. The van der Waals surface area contributed by atoms with Crippen molar-refractivity contribution in [2.45, 2.75) is 26.7 Å². The van der Waals surface area contributed by atoms with Crippen LogP contribution in [0.15, 0.2) is 28.9 Å². The lowest BCUT2D eigenvalue weighted by Gasteiger charge is -2.21. The lowest BCUT2D eigenvalue weighted by molar-refractivity contribution is 0.0996. The molecule has 5 heteroatoms. The molecule has 1 rings (SSSR count). The number of carbonyl (C=O) groups is 1. The van der Waals surface area contributed by atoms with Crippen LogP contribution in [0.3, 0.4) is 0 Å². The van der Waals surface area contributed by atoms with Gasteiger partial charge in [-0.05, 0) is 46.4 Å². The molecule has 1 fully saturated rings. The average molecular weight is 293 g/mol. The van der Waals surface area contributed by atoms with E-state index in [0.29, 0.717) is 19.7 Å². The van der Waals surface area contributed by atoms with Crippen LogP contribution < -0.4 is 0 Å². The van der Waals surface area contributed by atoms with Gasteiger partial charge in [0, 0.05) is 24.5 Å². The molecule has 0 aliphatic carbocycles. The minimum Gasteiger partial charge on any atom is -0.448 e. The summed E-state index contributed by atoms with van der Waals surface area (Å²) in [4.78, 5) is 20.4. The van der Waals surface area contributed by atoms with Crippen molar-refractivity contribution < 1.29 is 9.53 Å². The Labute approximate surface area is 128 Å². The van der Waals surface area contributed by atoms with Crippen LogP contribution in [-0.2, 0) is 4.74 Å². The Hall–Kier alpha value is -1.62. The van der Waals surface area contributed by atoms with Gasteiger partial charge in [0.1, 0.15) is 6.61 Å². The fourth-order valence-electron chi connectivity index (χ4n) is 2.15. The normalized spacial score (nSPS) is 20.0. The standard InChI is InChI=1S/C16H27N3O2/c1-6-14-12-19(16(20)21-11-10-18(4)5)9-7-8-15(14)17-13(2)3/h6H,2,7-12H2,1,3-5H3/b14-6-,17-15-. The van der Waals surface area contributed by atoms with Gasteiger partial charge in [-0.3, -0.25) is 4.99 Å². The van der Waals surface area contributed by atoms with Crippen LogP contribution in [0, 0.1) is 0 Å². The fraction of sp³-hybridized carbons (Fsp3) is 0.625. The van der Waals surface area contributed by atoms with Crippen LogP contribution in [-0.4, -0.2) is 61.9 Å². The topological polar surface area (TPSA) is 45.1 Å². The monoisotopic (exact) mass is 293 g/mol. The summed E-state index contributed by atoms with van der Waals surface area (Å²) in [6.07, 6.45) is 3.54. The highest BCUT2D eigenvalue weighted by atomic mass is 16.6. The summed E-state index contributed by atoms with van der Waals surface area (Å²) in [6, 6.07) is 0. The maximum atomic E-state index is 12.1. The molecule has 1 aliphatic rings. The molecule has 0 aromatic heterocycles. The molecule has 0 radical (unpaired) electrons. The van der Waals surface area contributed by atoms with Crippen LogP contribution in [0.5, 0.6) is 0 Å². The van der Waals surface area contributed by atoms with Gasteiger partial charge in [-0.15, -0.1) is 0 Å². The first-order valence-corrected chi connectivity index (χ1v) is 7.39. The highest BCUT2D eigenvalue weighted by Gasteiger charge is 2.22. The van der Waals surface area contributed by atoms with Crippen LogP contribution >= 0.6 is 0 Å². The average Bonchev–Trinajstić information content (AvgIpc) is 2.59. The van der Waals surface area contributed by atoms with Gasteiger partial charge in [0.25, 0.3) is 0 Å². The van der Waals surface area contributed by atoms with Gasteiger partial charge in [-0.1, -0.05) is 12.7 Å². The highest BCUT2D eigenvalue weighted by Crippen LogP contribution is 2.16. The van der Waals surface area contributed by atoms with Crippen molar-refractivity contribution in [3.05, 3.63) is 23.9 Å². The molecule has 0 saturated carbocycles. The molecule has 0 spiro atoms. The first-order valence-electron chi connectivity index (χ1n) is 7.39. The Morgan fingerprint density at radius 1 is 1.52 bits per heavy atom. The Balaban J connectivity index is 2.66. The van der Waals surface area contributed by atoms with E-state index >= 15 is 0 Å². The zero-order valence-electron chi connectivity index (χ0n) is 13.7. The van der Waals surface area contributed by atoms with Crippen molar-refractivity contribution in [3.63, 3.8) is 0 Å². The molecule has 21 heavy (non-hydrogen) atoms. The minimum atomic E-state index is -0.243. The molecule has 0 N–H and O–H groups in total. The summed E-state index contributed by atoms with van der Waals surface area (Å²) in [5.74, 6) is 0. The van der Waals surface area contributed by atoms with E-state index in [9.17, 15) is 4.79 Å². The van der Waals surface area contributed by atoms with Gasteiger partial charge < -0.3 is 14.5 Å². The third kappa shape index (κ3) is 6.12. The summed E-state index contributed by atoms with van der Waals surface area (Å²) in [7, 11) is 3.91. The summed E-state index contributed by atoms with van der Waals surface area (Å²) >= 11 is 0. The van der Waals surface area contributed by atoms with Gasteiger partial charge in [0.15, 0.2) is 0 Å². The molecule has 0 bridgehead atoms. The largest absolute Gasteiger partial charge is 0.448 e. The highest BCUT2D eigenvalue weighted by molar-refractivity contribution is 6.01. The van der Waals surface area contributed by atoms with Gasteiger partial charge >= 0.3 is 6.09 Å². The van der Waals surface area contributed by atoms with E-state index in [1.807, 2.05) is 38.9 Å². The SMILES string of the molecule is C=C(C)/N=C1/CCCN(C(=O)OCCN(C)C)C/C1=C/C. The molecule has 5 nitrogen and oxygen atoms in total. The molecule has 1 aliphatic heterocycles. The van der Waals surface area contributed by atoms with E-state index in [0.717, 1.165) is 36.4 Å². The van der Waals surface area contributed by atoms with Gasteiger partial charge in [-0.25, -0.2) is 4.79 Å². The van der Waals surface area contributed by atoms with Crippen molar-refractivity contribution in [3.8, 4) is 0 Å². The van der Waals surface area contributed by atoms with E-state index in [-0.39, 0.29) is 6.09 Å². The number of hydrogen-bond acceptors (Lipinski definition) is 4. The third-order valence-electron chi connectivity index (χ3n) is 3.27. The lowest BCUT2D eigenvalue weighted by Crippen LogP contribution is -2.34. The van der Waals surface area contributed by atoms with Crippen molar-refractivity contribution in [2.24, 2.45) is 4.99 Å². The number of hydrogen-bond donors (Lipinski definition) is 0. The first-order chi connectivity index (χ1) is 9.93. The third-order valence-corrected chi connectivity index (χ3v) is 3.27. The molecule has 1 amide bonds. The van der Waals surface area contributed by atoms with Gasteiger partial charge in [0.2, 0.25) is 0 Å². The molecule has 0 atom stereocenters. The van der Waals surface area contributed by atoms with E-state index < -0.39 is 0 Å². The van der Waals surface area contributed by atoms with E-state index in [2.05, 4.69) is 11.6 Å². The zero-order valence-corrected chi connectivity index (χ0v) is 13.7. The van der Waals surface area contributed by atoms with E-state index in [4.69, 9.17) is 4.74 Å². The smallest absolute Gasteiger partial charge is 0.410 e. The van der Waals surface area contributed by atoms with Crippen LogP contribution in [0.25, 0.3) is 0 Å². The summed E-state index contributed by atoms with van der Waals surface area (Å²) < 4.78 is 5.32. The van der Waals surface area contributed by atoms with Crippen LogP contribution in [0.4, 0.5) is 4.79 Å². The zero-order chi connectivity index (χ0) is 15.8. The van der Waals surface area contributed by atoms with Crippen LogP contribution in [0.2, 0.25) is 0 Å².